The van der Waals surface area contributed by atoms with Crippen LogP contribution in [0.1, 0.15) is 5.82 Å². The molecular formula is C14H15N5. The zero-order chi connectivity index (χ0) is 13.2. The predicted molar refractivity (Wildman–Crippen MR) is 76.7 cm³/mol. The van der Waals surface area contributed by atoms with Crippen LogP contribution in [-0.2, 0) is 13.6 Å². The van der Waals surface area contributed by atoms with E-state index in [-0.39, 0.29) is 0 Å². The number of rotatable bonds is 3. The van der Waals surface area contributed by atoms with Gasteiger partial charge in [-0.1, -0.05) is 0 Å². The minimum absolute atomic E-state index is 0.671. The summed E-state index contributed by atoms with van der Waals surface area (Å²) in [7, 11) is 1.98. The van der Waals surface area contributed by atoms with E-state index in [4.69, 9.17) is 5.73 Å². The van der Waals surface area contributed by atoms with Crippen LogP contribution in [0.25, 0.3) is 10.8 Å². The van der Waals surface area contributed by atoms with Crippen LogP contribution in [0.15, 0.2) is 43.0 Å². The number of fused-ring (bicyclic) bond motifs is 1. The first-order valence-electron chi connectivity index (χ1n) is 6.08. The largest absolute Gasteiger partial charge is 0.398 e. The number of nitrogens with two attached hydrogens (primary N) is 1. The number of nitrogens with one attached hydrogen (secondary N) is 1. The Morgan fingerprint density at radius 3 is 2.89 bits per heavy atom. The first-order valence-corrected chi connectivity index (χ1v) is 6.08. The molecule has 0 atom stereocenters. The second-order valence-electron chi connectivity index (χ2n) is 4.43. The van der Waals surface area contributed by atoms with Crippen molar-refractivity contribution in [2.24, 2.45) is 7.05 Å². The highest BCUT2D eigenvalue weighted by Gasteiger charge is 2.05. The van der Waals surface area contributed by atoms with Crippen molar-refractivity contribution in [1.29, 1.82) is 0 Å². The summed E-state index contributed by atoms with van der Waals surface area (Å²) in [6.07, 6.45) is 7.29. The molecule has 0 bridgehead atoms. The summed E-state index contributed by atoms with van der Waals surface area (Å²) in [6, 6.07) is 5.85. The van der Waals surface area contributed by atoms with E-state index in [9.17, 15) is 0 Å². The molecule has 0 saturated carbocycles. The number of hydrogen-bond donors (Lipinski definition) is 2. The van der Waals surface area contributed by atoms with Crippen molar-refractivity contribution in [2.45, 2.75) is 6.54 Å². The summed E-state index contributed by atoms with van der Waals surface area (Å²) in [5.41, 5.74) is 7.73. The number of nitrogen functional groups attached to an aromatic ring is 1. The molecule has 19 heavy (non-hydrogen) atoms. The van der Waals surface area contributed by atoms with Crippen LogP contribution in [0.3, 0.4) is 0 Å². The van der Waals surface area contributed by atoms with E-state index < -0.39 is 0 Å². The summed E-state index contributed by atoms with van der Waals surface area (Å²) >= 11 is 0. The lowest BCUT2D eigenvalue weighted by molar-refractivity contribution is 0.813. The van der Waals surface area contributed by atoms with Crippen LogP contribution in [-0.4, -0.2) is 14.5 Å². The van der Waals surface area contributed by atoms with E-state index in [2.05, 4.69) is 15.3 Å². The third kappa shape index (κ3) is 2.10. The Morgan fingerprint density at radius 1 is 1.21 bits per heavy atom. The van der Waals surface area contributed by atoms with Crippen molar-refractivity contribution in [2.75, 3.05) is 11.1 Å². The van der Waals surface area contributed by atoms with Crippen LogP contribution in [0.5, 0.6) is 0 Å². The maximum Gasteiger partial charge on any atom is 0.127 e. The number of anilines is 2. The molecule has 96 valence electrons. The van der Waals surface area contributed by atoms with E-state index >= 15 is 0 Å². The fraction of sp³-hybridized carbons (Fsp3) is 0.143. The molecule has 2 aromatic heterocycles. The van der Waals surface area contributed by atoms with Crippen LogP contribution >= 0.6 is 0 Å². The first-order chi connectivity index (χ1) is 9.25. The van der Waals surface area contributed by atoms with Gasteiger partial charge in [0, 0.05) is 54.0 Å². The zero-order valence-corrected chi connectivity index (χ0v) is 10.7. The van der Waals surface area contributed by atoms with Gasteiger partial charge in [-0.05, 0) is 18.2 Å². The summed E-state index contributed by atoms with van der Waals surface area (Å²) < 4.78 is 1.99. The molecule has 0 spiro atoms. The minimum Gasteiger partial charge on any atom is -0.398 e. The van der Waals surface area contributed by atoms with Gasteiger partial charge in [-0.15, -0.1) is 0 Å². The average molecular weight is 253 g/mol. The number of pyridine rings is 1. The molecule has 3 aromatic rings. The van der Waals surface area contributed by atoms with E-state index in [1.807, 2.05) is 36.0 Å². The van der Waals surface area contributed by atoms with Crippen molar-refractivity contribution in [1.82, 2.24) is 14.5 Å². The van der Waals surface area contributed by atoms with Crippen molar-refractivity contribution < 1.29 is 0 Å². The molecule has 0 unspecified atom stereocenters. The molecule has 3 N–H and O–H groups in total. The van der Waals surface area contributed by atoms with Crippen molar-refractivity contribution in [3.63, 3.8) is 0 Å². The molecule has 0 fully saturated rings. The van der Waals surface area contributed by atoms with Gasteiger partial charge in [-0.25, -0.2) is 4.98 Å². The molecule has 5 nitrogen and oxygen atoms in total. The van der Waals surface area contributed by atoms with E-state index in [1.54, 1.807) is 18.6 Å². The highest BCUT2D eigenvalue weighted by molar-refractivity contribution is 6.00. The number of aromatic nitrogens is 3. The second-order valence-corrected chi connectivity index (χ2v) is 4.43. The van der Waals surface area contributed by atoms with Gasteiger partial charge in [0.05, 0.1) is 6.54 Å². The lowest BCUT2D eigenvalue weighted by atomic mass is 10.1. The molecule has 0 aliphatic carbocycles. The number of imidazole rings is 1. The molecule has 0 aliphatic heterocycles. The fourth-order valence-corrected chi connectivity index (χ4v) is 2.11. The maximum atomic E-state index is 5.96. The lowest BCUT2D eigenvalue weighted by Crippen LogP contribution is -2.06. The number of aryl methyl sites for hydroxylation is 1. The Kier molecular flexibility index (Phi) is 2.79. The number of nitrogens with zero attached hydrogens (tertiary/aromatic N) is 3. The fourth-order valence-electron chi connectivity index (χ4n) is 2.11. The Hall–Kier alpha value is -2.56. The highest BCUT2D eigenvalue weighted by atomic mass is 15.1. The summed E-state index contributed by atoms with van der Waals surface area (Å²) in [5, 5.41) is 5.43. The quantitative estimate of drug-likeness (QED) is 0.702. The summed E-state index contributed by atoms with van der Waals surface area (Å²) in [6.45, 7) is 0.671. The summed E-state index contributed by atoms with van der Waals surface area (Å²) in [5.74, 6) is 0.985. The third-order valence-electron chi connectivity index (χ3n) is 3.21. The van der Waals surface area contributed by atoms with Gasteiger partial charge in [0.1, 0.15) is 5.82 Å². The monoisotopic (exact) mass is 253 g/mol. The molecular weight excluding hydrogens is 238 g/mol. The zero-order valence-electron chi connectivity index (χ0n) is 10.7. The average Bonchev–Trinajstić information content (AvgIpc) is 2.84. The Morgan fingerprint density at radius 2 is 2.11 bits per heavy atom. The van der Waals surface area contributed by atoms with E-state index in [0.717, 1.165) is 28.0 Å². The molecule has 0 aliphatic rings. The molecule has 0 saturated heterocycles. The third-order valence-corrected chi connectivity index (χ3v) is 3.21. The molecule has 1 aromatic carbocycles. The number of hydrogen-bond acceptors (Lipinski definition) is 4. The predicted octanol–water partition coefficient (Wildman–Crippen LogP) is 2.16. The standard InChI is InChI=1S/C14H15N5/c1-19-7-6-17-14(19)9-18-13-3-2-12(15)11-8-16-5-4-10(11)13/h2-8,18H,9,15H2,1H3. The molecule has 0 radical (unpaired) electrons. The van der Waals surface area contributed by atoms with E-state index in [1.165, 1.54) is 0 Å². The van der Waals surface area contributed by atoms with Crippen molar-refractivity contribution in [3.05, 3.63) is 48.8 Å². The molecule has 2 heterocycles. The Bertz CT molecular complexity index is 717. The van der Waals surface area contributed by atoms with E-state index in [0.29, 0.717) is 6.54 Å². The molecule has 0 amide bonds. The van der Waals surface area contributed by atoms with Gasteiger partial charge in [0.15, 0.2) is 0 Å². The summed E-state index contributed by atoms with van der Waals surface area (Å²) in [4.78, 5) is 8.41. The molecule has 5 heteroatoms. The normalized spacial score (nSPS) is 10.8. The highest BCUT2D eigenvalue weighted by Crippen LogP contribution is 2.27. The minimum atomic E-state index is 0.671. The Balaban J connectivity index is 1.93. The van der Waals surface area contributed by atoms with Crippen LogP contribution in [0.4, 0.5) is 11.4 Å². The van der Waals surface area contributed by atoms with Gasteiger partial charge >= 0.3 is 0 Å². The van der Waals surface area contributed by atoms with Crippen LogP contribution < -0.4 is 11.1 Å². The lowest BCUT2D eigenvalue weighted by Gasteiger charge is -2.11. The second kappa shape index (κ2) is 4.61. The smallest absolute Gasteiger partial charge is 0.127 e. The van der Waals surface area contributed by atoms with Gasteiger partial charge < -0.3 is 15.6 Å². The Labute approximate surface area is 111 Å². The van der Waals surface area contributed by atoms with Crippen LogP contribution in [0.2, 0.25) is 0 Å². The number of benzene rings is 1. The first kappa shape index (κ1) is 11.5. The topological polar surface area (TPSA) is 68.8 Å². The van der Waals surface area contributed by atoms with Gasteiger partial charge in [-0.2, -0.15) is 0 Å². The van der Waals surface area contributed by atoms with Gasteiger partial charge in [0.2, 0.25) is 0 Å². The molecule has 3 rings (SSSR count). The SMILES string of the molecule is Cn1ccnc1CNc1ccc(N)c2cnccc12. The van der Waals surface area contributed by atoms with Gasteiger partial charge in [0.25, 0.3) is 0 Å². The van der Waals surface area contributed by atoms with Gasteiger partial charge in [-0.3, -0.25) is 4.98 Å². The van der Waals surface area contributed by atoms with Crippen LogP contribution in [0, 0.1) is 0 Å². The van der Waals surface area contributed by atoms with Crippen molar-refractivity contribution >= 4 is 22.1 Å². The maximum absolute atomic E-state index is 5.96. The van der Waals surface area contributed by atoms with Crippen molar-refractivity contribution in [3.8, 4) is 0 Å².